The first-order valence-corrected chi connectivity index (χ1v) is 9.15. The summed E-state index contributed by atoms with van der Waals surface area (Å²) >= 11 is 0. The third-order valence-corrected chi connectivity index (χ3v) is 4.85. The molecule has 3 rings (SSSR count). The van der Waals surface area contributed by atoms with E-state index in [1.807, 2.05) is 31.2 Å². The van der Waals surface area contributed by atoms with Crippen LogP contribution in [0, 0.1) is 5.92 Å². The SMILES string of the molecule is C[C@@H](NC(=O)CNC(=O)C1CCCCC1)c1ccc(-n2cncn2)cc1. The van der Waals surface area contributed by atoms with E-state index in [0.29, 0.717) is 0 Å². The van der Waals surface area contributed by atoms with Gasteiger partial charge in [0.1, 0.15) is 12.7 Å². The lowest BCUT2D eigenvalue weighted by molar-refractivity contribution is -0.129. The zero-order chi connectivity index (χ0) is 18.4. The van der Waals surface area contributed by atoms with E-state index in [2.05, 4.69) is 20.7 Å². The molecule has 7 nitrogen and oxygen atoms in total. The number of nitrogens with zero attached hydrogens (tertiary/aromatic N) is 3. The van der Waals surface area contributed by atoms with E-state index in [4.69, 9.17) is 0 Å². The van der Waals surface area contributed by atoms with Crippen LogP contribution >= 0.6 is 0 Å². The van der Waals surface area contributed by atoms with Crippen LogP contribution in [0.5, 0.6) is 0 Å². The van der Waals surface area contributed by atoms with Crippen LogP contribution in [-0.4, -0.2) is 33.1 Å². The van der Waals surface area contributed by atoms with Gasteiger partial charge in [0.05, 0.1) is 18.3 Å². The number of hydrogen-bond acceptors (Lipinski definition) is 4. The summed E-state index contributed by atoms with van der Waals surface area (Å²) in [6.45, 7) is 1.95. The van der Waals surface area contributed by atoms with Crippen molar-refractivity contribution in [3.05, 3.63) is 42.5 Å². The third-order valence-electron chi connectivity index (χ3n) is 4.85. The van der Waals surface area contributed by atoms with Crippen molar-refractivity contribution >= 4 is 11.8 Å². The molecular weight excluding hydrogens is 330 g/mol. The molecule has 1 aromatic heterocycles. The van der Waals surface area contributed by atoms with Crippen molar-refractivity contribution in [2.24, 2.45) is 5.92 Å². The molecule has 2 amide bonds. The van der Waals surface area contributed by atoms with Crippen LogP contribution in [0.4, 0.5) is 0 Å². The molecule has 26 heavy (non-hydrogen) atoms. The lowest BCUT2D eigenvalue weighted by Gasteiger charge is -2.21. The topological polar surface area (TPSA) is 88.9 Å². The number of aromatic nitrogens is 3. The maximum atomic E-state index is 12.1. The van der Waals surface area contributed by atoms with Crippen molar-refractivity contribution in [1.29, 1.82) is 0 Å². The van der Waals surface area contributed by atoms with Gasteiger partial charge >= 0.3 is 0 Å². The maximum absolute atomic E-state index is 12.1. The Labute approximate surface area is 153 Å². The van der Waals surface area contributed by atoms with Crippen LogP contribution < -0.4 is 10.6 Å². The van der Waals surface area contributed by atoms with Gasteiger partial charge in [-0.2, -0.15) is 5.10 Å². The van der Waals surface area contributed by atoms with E-state index in [-0.39, 0.29) is 30.3 Å². The molecular formula is C19H25N5O2. The van der Waals surface area contributed by atoms with Crippen LogP contribution in [0.15, 0.2) is 36.9 Å². The van der Waals surface area contributed by atoms with Gasteiger partial charge in [-0.15, -0.1) is 0 Å². The van der Waals surface area contributed by atoms with Gasteiger partial charge in [0.2, 0.25) is 11.8 Å². The Hall–Kier alpha value is -2.70. The molecule has 0 unspecified atom stereocenters. The molecule has 0 bridgehead atoms. The van der Waals surface area contributed by atoms with Crippen molar-refractivity contribution in [2.45, 2.75) is 45.1 Å². The minimum Gasteiger partial charge on any atom is -0.348 e. The molecule has 1 aliphatic carbocycles. The van der Waals surface area contributed by atoms with Gasteiger partial charge in [-0.05, 0) is 37.5 Å². The molecule has 0 saturated heterocycles. The first kappa shape index (κ1) is 18.1. The van der Waals surface area contributed by atoms with Crippen molar-refractivity contribution in [3.63, 3.8) is 0 Å². The number of rotatable bonds is 6. The molecule has 1 heterocycles. The molecule has 0 aliphatic heterocycles. The standard InChI is InChI=1S/C19H25N5O2/c1-14(15-7-9-17(10-8-15)24-13-20-12-22-24)23-18(25)11-21-19(26)16-5-3-2-4-6-16/h7-10,12-14,16H,2-6,11H2,1H3,(H,21,26)(H,23,25)/t14-/m1/s1. The second kappa shape index (κ2) is 8.60. The lowest BCUT2D eigenvalue weighted by atomic mass is 9.89. The number of nitrogens with one attached hydrogen (secondary N) is 2. The molecule has 0 spiro atoms. The van der Waals surface area contributed by atoms with Gasteiger partial charge in [-0.1, -0.05) is 31.4 Å². The van der Waals surface area contributed by atoms with Gasteiger partial charge < -0.3 is 10.6 Å². The maximum Gasteiger partial charge on any atom is 0.239 e. The molecule has 1 fully saturated rings. The molecule has 1 saturated carbocycles. The van der Waals surface area contributed by atoms with Crippen LogP contribution in [0.25, 0.3) is 5.69 Å². The summed E-state index contributed by atoms with van der Waals surface area (Å²) in [7, 11) is 0. The van der Waals surface area contributed by atoms with Crippen LogP contribution in [0.1, 0.15) is 50.6 Å². The first-order chi connectivity index (χ1) is 12.6. The fraction of sp³-hybridized carbons (Fsp3) is 0.474. The zero-order valence-corrected chi connectivity index (χ0v) is 15.0. The molecule has 1 aliphatic rings. The van der Waals surface area contributed by atoms with Gasteiger partial charge in [-0.3, -0.25) is 9.59 Å². The van der Waals surface area contributed by atoms with Crippen molar-refractivity contribution in [2.75, 3.05) is 6.54 Å². The minimum absolute atomic E-state index is 0.00434. The average Bonchev–Trinajstić information content (AvgIpc) is 3.21. The molecule has 2 aromatic rings. The summed E-state index contributed by atoms with van der Waals surface area (Å²) in [6, 6.07) is 7.61. The second-order valence-electron chi connectivity index (χ2n) is 6.77. The minimum atomic E-state index is -0.179. The number of carbonyl (C=O) groups is 2. The number of carbonyl (C=O) groups excluding carboxylic acids is 2. The Bertz CT molecular complexity index is 721. The second-order valence-corrected chi connectivity index (χ2v) is 6.77. The van der Waals surface area contributed by atoms with Crippen LogP contribution in [-0.2, 0) is 9.59 Å². The third kappa shape index (κ3) is 4.68. The zero-order valence-electron chi connectivity index (χ0n) is 15.0. The van der Waals surface area contributed by atoms with Crippen molar-refractivity contribution in [3.8, 4) is 5.69 Å². The van der Waals surface area contributed by atoms with Crippen molar-refractivity contribution in [1.82, 2.24) is 25.4 Å². The monoisotopic (exact) mass is 355 g/mol. The summed E-state index contributed by atoms with van der Waals surface area (Å²) in [5, 5.41) is 9.77. The summed E-state index contributed by atoms with van der Waals surface area (Å²) < 4.78 is 1.67. The average molecular weight is 355 g/mol. The van der Waals surface area contributed by atoms with E-state index in [0.717, 1.165) is 36.9 Å². The predicted octanol–water partition coefficient (Wildman–Crippen LogP) is 2.14. The summed E-state index contributed by atoms with van der Waals surface area (Å²) in [4.78, 5) is 28.1. The van der Waals surface area contributed by atoms with Crippen LogP contribution in [0.3, 0.4) is 0 Å². The van der Waals surface area contributed by atoms with Gasteiger partial charge in [0.15, 0.2) is 0 Å². The fourth-order valence-corrected chi connectivity index (χ4v) is 3.31. The number of benzene rings is 1. The van der Waals surface area contributed by atoms with E-state index < -0.39 is 0 Å². The summed E-state index contributed by atoms with van der Waals surface area (Å²) in [5.74, 6) is -0.106. The molecule has 7 heteroatoms. The Morgan fingerprint density at radius 2 is 1.92 bits per heavy atom. The first-order valence-electron chi connectivity index (χ1n) is 9.15. The Kier molecular flexibility index (Phi) is 5.99. The molecule has 2 N–H and O–H groups in total. The predicted molar refractivity (Wildman–Crippen MR) is 97.5 cm³/mol. The quantitative estimate of drug-likeness (QED) is 0.831. The number of amides is 2. The normalized spacial score (nSPS) is 16.0. The smallest absolute Gasteiger partial charge is 0.239 e. The van der Waals surface area contributed by atoms with E-state index in [9.17, 15) is 9.59 Å². The van der Waals surface area contributed by atoms with Gasteiger partial charge in [0.25, 0.3) is 0 Å². The van der Waals surface area contributed by atoms with E-state index in [1.54, 1.807) is 11.0 Å². The highest BCUT2D eigenvalue weighted by Gasteiger charge is 2.21. The van der Waals surface area contributed by atoms with E-state index >= 15 is 0 Å². The van der Waals surface area contributed by atoms with Gasteiger partial charge in [0, 0.05) is 5.92 Å². The fourth-order valence-electron chi connectivity index (χ4n) is 3.31. The largest absolute Gasteiger partial charge is 0.348 e. The van der Waals surface area contributed by atoms with Crippen molar-refractivity contribution < 1.29 is 9.59 Å². The highest BCUT2D eigenvalue weighted by Crippen LogP contribution is 2.23. The highest BCUT2D eigenvalue weighted by molar-refractivity contribution is 5.86. The number of hydrogen-bond donors (Lipinski definition) is 2. The lowest BCUT2D eigenvalue weighted by Crippen LogP contribution is -2.40. The molecule has 138 valence electrons. The molecule has 1 atom stereocenters. The van der Waals surface area contributed by atoms with Gasteiger partial charge in [-0.25, -0.2) is 9.67 Å². The molecule has 0 radical (unpaired) electrons. The highest BCUT2D eigenvalue weighted by atomic mass is 16.2. The summed E-state index contributed by atoms with van der Waals surface area (Å²) in [5.41, 5.74) is 1.89. The Balaban J connectivity index is 1.47. The van der Waals surface area contributed by atoms with Crippen LogP contribution in [0.2, 0.25) is 0 Å². The summed E-state index contributed by atoms with van der Waals surface area (Å²) in [6.07, 6.45) is 8.40. The Morgan fingerprint density at radius 3 is 2.58 bits per heavy atom. The molecule has 1 aromatic carbocycles. The van der Waals surface area contributed by atoms with E-state index in [1.165, 1.54) is 12.7 Å². The Morgan fingerprint density at radius 1 is 1.19 bits per heavy atom.